The number of esters is 1. The summed E-state index contributed by atoms with van der Waals surface area (Å²) < 4.78 is 5.89. The summed E-state index contributed by atoms with van der Waals surface area (Å²) in [4.78, 5) is 15.7. The molecule has 0 bridgehead atoms. The highest BCUT2D eigenvalue weighted by Gasteiger charge is 2.09. The molecule has 6 heteroatoms. The Hall–Kier alpha value is -2.39. The maximum Gasteiger partial charge on any atom is 0.338 e. The molecule has 1 heterocycles. The third-order valence-corrected chi connectivity index (χ3v) is 3.26. The summed E-state index contributed by atoms with van der Waals surface area (Å²) in [5.74, 6) is -0.473. The number of hydrogen-bond acceptors (Lipinski definition) is 5. The number of ether oxygens (including phenoxy) is 1. The van der Waals surface area contributed by atoms with Gasteiger partial charge in [0.2, 0.25) is 0 Å². The number of benzene rings is 1. The average molecular weight is 332 g/mol. The molecule has 0 radical (unpaired) electrons. The van der Waals surface area contributed by atoms with Crippen LogP contribution >= 0.6 is 15.9 Å². The second kappa shape index (κ2) is 6.17. The van der Waals surface area contributed by atoms with Crippen LogP contribution in [0.4, 0.5) is 5.69 Å². The van der Waals surface area contributed by atoms with E-state index in [1.807, 2.05) is 6.07 Å². The topological polar surface area (TPSA) is 89.0 Å². The highest BCUT2D eigenvalue weighted by atomic mass is 79.9. The fraction of sp³-hybridized carbons (Fsp3) is 0.0714. The molecule has 100 valence electrons. The van der Waals surface area contributed by atoms with Crippen LogP contribution in [0.15, 0.2) is 41.0 Å². The van der Waals surface area contributed by atoms with Crippen LogP contribution in [0.3, 0.4) is 0 Å². The molecule has 2 aromatic rings. The first-order valence-electron chi connectivity index (χ1n) is 5.67. The molecule has 0 fully saturated rings. The smallest absolute Gasteiger partial charge is 0.338 e. The third kappa shape index (κ3) is 3.33. The van der Waals surface area contributed by atoms with Gasteiger partial charge in [0.15, 0.2) is 0 Å². The Bertz CT molecular complexity index is 695. The van der Waals surface area contributed by atoms with Crippen LogP contribution < -0.4 is 5.73 Å². The van der Waals surface area contributed by atoms with Gasteiger partial charge < -0.3 is 10.5 Å². The molecule has 5 nitrogen and oxygen atoms in total. The van der Waals surface area contributed by atoms with Crippen molar-refractivity contribution in [1.29, 1.82) is 5.26 Å². The minimum atomic E-state index is -0.473. The van der Waals surface area contributed by atoms with Crippen LogP contribution in [-0.2, 0) is 11.3 Å². The summed E-state index contributed by atoms with van der Waals surface area (Å²) in [5, 5.41) is 8.74. The summed E-state index contributed by atoms with van der Waals surface area (Å²) >= 11 is 3.26. The highest BCUT2D eigenvalue weighted by Crippen LogP contribution is 2.20. The number of nitriles is 1. The molecule has 0 unspecified atom stereocenters. The van der Waals surface area contributed by atoms with Crippen molar-refractivity contribution < 1.29 is 9.53 Å². The molecule has 0 aliphatic carbocycles. The van der Waals surface area contributed by atoms with Crippen LogP contribution in [0, 0.1) is 11.3 Å². The Balaban J connectivity index is 2.05. The fourth-order valence-electron chi connectivity index (χ4n) is 1.53. The second-order valence-electron chi connectivity index (χ2n) is 3.97. The summed E-state index contributed by atoms with van der Waals surface area (Å²) in [5.41, 5.74) is 7.54. The third-order valence-electron chi connectivity index (χ3n) is 2.54. The van der Waals surface area contributed by atoms with Crippen molar-refractivity contribution in [3.05, 3.63) is 57.8 Å². The van der Waals surface area contributed by atoms with Gasteiger partial charge in [-0.25, -0.2) is 9.78 Å². The van der Waals surface area contributed by atoms with E-state index in [1.54, 1.807) is 30.3 Å². The van der Waals surface area contributed by atoms with Gasteiger partial charge in [0.05, 0.1) is 5.56 Å². The number of carbonyl (C=O) groups is 1. The van der Waals surface area contributed by atoms with E-state index >= 15 is 0 Å². The van der Waals surface area contributed by atoms with Crippen LogP contribution in [-0.4, -0.2) is 11.0 Å². The maximum absolute atomic E-state index is 11.9. The molecule has 0 saturated carbocycles. The predicted molar refractivity (Wildman–Crippen MR) is 76.6 cm³/mol. The molecule has 20 heavy (non-hydrogen) atoms. The fourth-order valence-corrected chi connectivity index (χ4v) is 1.77. The molecule has 0 amide bonds. The number of nitrogens with zero attached hydrogens (tertiary/aromatic N) is 2. The molecule has 0 aliphatic heterocycles. The van der Waals surface area contributed by atoms with Gasteiger partial charge in [-0.05, 0) is 51.8 Å². The molecule has 0 spiro atoms. The highest BCUT2D eigenvalue weighted by molar-refractivity contribution is 9.10. The lowest BCUT2D eigenvalue weighted by atomic mass is 10.2. The Kier molecular flexibility index (Phi) is 4.33. The van der Waals surface area contributed by atoms with Crippen molar-refractivity contribution in [3.8, 4) is 6.07 Å². The summed E-state index contributed by atoms with van der Waals surface area (Å²) in [6, 6.07) is 10.0. The number of nitrogen functional groups attached to an aromatic ring is 1. The Morgan fingerprint density at radius 2 is 2.20 bits per heavy atom. The zero-order chi connectivity index (χ0) is 14.5. The number of nitrogens with two attached hydrogens (primary N) is 1. The van der Waals surface area contributed by atoms with E-state index in [0.29, 0.717) is 16.8 Å². The van der Waals surface area contributed by atoms with Crippen LogP contribution in [0.5, 0.6) is 0 Å². The second-order valence-corrected chi connectivity index (χ2v) is 4.83. The van der Waals surface area contributed by atoms with Crippen LogP contribution in [0.1, 0.15) is 21.6 Å². The summed E-state index contributed by atoms with van der Waals surface area (Å²) in [7, 11) is 0. The zero-order valence-electron chi connectivity index (χ0n) is 10.3. The Morgan fingerprint density at radius 1 is 1.40 bits per heavy atom. The Morgan fingerprint density at radius 3 is 2.90 bits per heavy atom. The van der Waals surface area contributed by atoms with Gasteiger partial charge >= 0.3 is 5.97 Å². The number of rotatable bonds is 3. The lowest BCUT2D eigenvalue weighted by Crippen LogP contribution is -2.06. The van der Waals surface area contributed by atoms with Crippen molar-refractivity contribution in [2.24, 2.45) is 0 Å². The van der Waals surface area contributed by atoms with Crippen molar-refractivity contribution in [3.63, 3.8) is 0 Å². The van der Waals surface area contributed by atoms with E-state index in [4.69, 9.17) is 15.7 Å². The van der Waals surface area contributed by atoms with Gasteiger partial charge in [0.25, 0.3) is 0 Å². The van der Waals surface area contributed by atoms with E-state index in [0.717, 1.165) is 4.47 Å². The van der Waals surface area contributed by atoms with Gasteiger partial charge in [-0.2, -0.15) is 5.26 Å². The van der Waals surface area contributed by atoms with Crippen molar-refractivity contribution in [2.45, 2.75) is 6.61 Å². The number of carbonyl (C=O) groups excluding carboxylic acids is 1. The first kappa shape index (κ1) is 14.0. The van der Waals surface area contributed by atoms with Gasteiger partial charge in [-0.15, -0.1) is 0 Å². The van der Waals surface area contributed by atoms with Gasteiger partial charge in [0.1, 0.15) is 18.4 Å². The standard InChI is InChI=1S/C14H10BrN3O2/c15-12-2-1-10(6-13(12)17)14(19)20-8-9-3-4-18-11(5-9)7-16/h1-6H,8,17H2. The maximum atomic E-state index is 11.9. The SMILES string of the molecule is N#Cc1cc(COC(=O)c2ccc(Br)c(N)c2)ccn1. The molecule has 2 N–H and O–H groups in total. The first-order valence-corrected chi connectivity index (χ1v) is 6.46. The summed E-state index contributed by atoms with van der Waals surface area (Å²) in [6.07, 6.45) is 1.50. The lowest BCUT2D eigenvalue weighted by molar-refractivity contribution is 0.0472. The molecule has 2 rings (SSSR count). The van der Waals surface area contributed by atoms with Gasteiger partial charge in [0, 0.05) is 16.4 Å². The molecule has 0 atom stereocenters. The first-order chi connectivity index (χ1) is 9.60. The molecule has 1 aromatic carbocycles. The number of pyridine rings is 1. The molecule has 1 aromatic heterocycles. The molecular weight excluding hydrogens is 322 g/mol. The Labute approximate surface area is 124 Å². The minimum Gasteiger partial charge on any atom is -0.457 e. The number of hydrogen-bond donors (Lipinski definition) is 1. The molecular formula is C14H10BrN3O2. The van der Waals surface area contributed by atoms with E-state index in [9.17, 15) is 4.79 Å². The average Bonchev–Trinajstić information content (AvgIpc) is 2.47. The molecule has 0 aliphatic rings. The lowest BCUT2D eigenvalue weighted by Gasteiger charge is -2.06. The van der Waals surface area contributed by atoms with Crippen molar-refractivity contribution >= 4 is 27.6 Å². The van der Waals surface area contributed by atoms with Gasteiger partial charge in [-0.1, -0.05) is 0 Å². The summed E-state index contributed by atoms with van der Waals surface area (Å²) in [6.45, 7) is 0.0754. The van der Waals surface area contributed by atoms with E-state index in [2.05, 4.69) is 20.9 Å². The number of anilines is 1. The number of aromatic nitrogens is 1. The zero-order valence-corrected chi connectivity index (χ0v) is 11.9. The normalized spacial score (nSPS) is 9.80. The molecule has 0 saturated heterocycles. The van der Waals surface area contributed by atoms with Gasteiger partial charge in [-0.3, -0.25) is 0 Å². The van der Waals surface area contributed by atoms with E-state index in [-0.39, 0.29) is 12.3 Å². The van der Waals surface area contributed by atoms with Crippen molar-refractivity contribution in [1.82, 2.24) is 4.98 Å². The largest absolute Gasteiger partial charge is 0.457 e. The predicted octanol–water partition coefficient (Wildman–Crippen LogP) is 2.65. The monoisotopic (exact) mass is 331 g/mol. The van der Waals surface area contributed by atoms with E-state index < -0.39 is 5.97 Å². The van der Waals surface area contributed by atoms with E-state index in [1.165, 1.54) is 6.20 Å². The number of halogens is 1. The van der Waals surface area contributed by atoms with Crippen molar-refractivity contribution in [2.75, 3.05) is 5.73 Å². The minimum absolute atomic E-state index is 0.0754. The van der Waals surface area contributed by atoms with Crippen LogP contribution in [0.25, 0.3) is 0 Å². The quantitative estimate of drug-likeness (QED) is 0.689. The van der Waals surface area contributed by atoms with Crippen LogP contribution in [0.2, 0.25) is 0 Å².